The zero-order valence-electron chi connectivity index (χ0n) is 9.32. The fourth-order valence-corrected chi connectivity index (χ4v) is 1.96. The van der Waals surface area contributed by atoms with Gasteiger partial charge in [-0.15, -0.1) is 0 Å². The first-order valence-corrected chi connectivity index (χ1v) is 5.10. The number of aryl methyl sites for hydroxylation is 1. The Morgan fingerprint density at radius 2 is 2.12 bits per heavy atom. The Morgan fingerprint density at radius 1 is 1.38 bits per heavy atom. The Bertz CT molecular complexity index is 454. The number of carbonyl (C=O) groups is 2. The van der Waals surface area contributed by atoms with Gasteiger partial charge in [-0.1, -0.05) is 0 Å². The molecule has 1 aliphatic rings. The van der Waals surface area contributed by atoms with Crippen LogP contribution < -0.4 is 9.64 Å². The van der Waals surface area contributed by atoms with Crippen LogP contribution in [0.25, 0.3) is 0 Å². The van der Waals surface area contributed by atoms with Crippen LogP contribution in [0.5, 0.6) is 5.75 Å². The van der Waals surface area contributed by atoms with Gasteiger partial charge in [0.1, 0.15) is 5.75 Å². The van der Waals surface area contributed by atoms with E-state index in [9.17, 15) is 9.59 Å². The zero-order chi connectivity index (χ0) is 11.7. The number of amides is 1. The van der Waals surface area contributed by atoms with Crippen LogP contribution in [0.15, 0.2) is 12.1 Å². The Morgan fingerprint density at radius 3 is 2.75 bits per heavy atom. The Hall–Kier alpha value is -1.84. The predicted octanol–water partition coefficient (Wildman–Crippen LogP) is 1.42. The van der Waals surface area contributed by atoms with E-state index in [-0.39, 0.29) is 5.91 Å². The van der Waals surface area contributed by atoms with Gasteiger partial charge in [-0.25, -0.2) is 0 Å². The summed E-state index contributed by atoms with van der Waals surface area (Å²) in [4.78, 5) is 24.0. The average Bonchev–Trinajstić information content (AvgIpc) is 2.32. The lowest BCUT2D eigenvalue weighted by atomic mass is 9.99. The molecule has 4 nitrogen and oxygen atoms in total. The van der Waals surface area contributed by atoms with E-state index < -0.39 is 0 Å². The van der Waals surface area contributed by atoms with Crippen molar-refractivity contribution < 1.29 is 14.3 Å². The summed E-state index contributed by atoms with van der Waals surface area (Å²) in [5.74, 6) is 0.601. The topological polar surface area (TPSA) is 46.6 Å². The fourth-order valence-electron chi connectivity index (χ4n) is 1.96. The molecule has 0 atom stereocenters. The Kier molecular flexibility index (Phi) is 2.64. The van der Waals surface area contributed by atoms with Crippen molar-refractivity contribution in [3.05, 3.63) is 23.3 Å². The van der Waals surface area contributed by atoms with Crippen molar-refractivity contribution in [1.29, 1.82) is 0 Å². The molecule has 0 unspecified atom stereocenters. The Balaban J connectivity index is 2.56. The van der Waals surface area contributed by atoms with E-state index in [2.05, 4.69) is 0 Å². The number of nitrogens with zero attached hydrogens (tertiary/aromatic N) is 1. The lowest BCUT2D eigenvalue weighted by Gasteiger charge is -2.26. The minimum Gasteiger partial charge on any atom is -0.496 e. The molecule has 4 heteroatoms. The molecule has 0 saturated carbocycles. The molecule has 84 valence electrons. The van der Waals surface area contributed by atoms with Gasteiger partial charge in [-0.2, -0.15) is 0 Å². The first-order valence-electron chi connectivity index (χ1n) is 5.10. The standard InChI is InChI=1S/C12H13NO3/c1-13-10-6-11(16-2)9(7-14)5-8(10)3-4-12(13)15/h5-7H,3-4H2,1-2H3. The van der Waals surface area contributed by atoms with Crippen molar-refractivity contribution in [1.82, 2.24) is 0 Å². The van der Waals surface area contributed by atoms with Gasteiger partial charge in [0.2, 0.25) is 5.91 Å². The number of rotatable bonds is 2. The first-order chi connectivity index (χ1) is 7.67. The predicted molar refractivity (Wildman–Crippen MR) is 60.1 cm³/mol. The molecule has 0 radical (unpaired) electrons. The fraction of sp³-hybridized carbons (Fsp3) is 0.333. The maximum atomic E-state index is 11.5. The second-order valence-electron chi connectivity index (χ2n) is 3.79. The van der Waals surface area contributed by atoms with Crippen molar-refractivity contribution in [2.45, 2.75) is 12.8 Å². The number of anilines is 1. The molecule has 2 rings (SSSR count). The monoisotopic (exact) mass is 219 g/mol. The van der Waals surface area contributed by atoms with Crippen LogP contribution in [-0.4, -0.2) is 26.4 Å². The maximum Gasteiger partial charge on any atom is 0.227 e. The number of hydrogen-bond donors (Lipinski definition) is 0. The summed E-state index contributed by atoms with van der Waals surface area (Å²) < 4.78 is 5.12. The van der Waals surface area contributed by atoms with Crippen LogP contribution in [0.2, 0.25) is 0 Å². The minimum atomic E-state index is 0.0911. The number of aldehydes is 1. The number of ether oxygens (including phenoxy) is 1. The van der Waals surface area contributed by atoms with E-state index >= 15 is 0 Å². The SMILES string of the molecule is COc1cc2c(cc1C=O)CCC(=O)N2C. The van der Waals surface area contributed by atoms with Crippen LogP contribution >= 0.6 is 0 Å². The minimum absolute atomic E-state index is 0.0911. The van der Waals surface area contributed by atoms with Crippen LogP contribution in [0.4, 0.5) is 5.69 Å². The number of hydrogen-bond acceptors (Lipinski definition) is 3. The second-order valence-corrected chi connectivity index (χ2v) is 3.79. The molecule has 1 amide bonds. The molecule has 1 aromatic rings. The smallest absolute Gasteiger partial charge is 0.227 e. The van der Waals surface area contributed by atoms with Gasteiger partial charge in [0.15, 0.2) is 6.29 Å². The van der Waals surface area contributed by atoms with Crippen molar-refractivity contribution >= 4 is 17.9 Å². The third-order valence-electron chi connectivity index (χ3n) is 2.90. The average molecular weight is 219 g/mol. The van der Waals surface area contributed by atoms with E-state index in [1.807, 2.05) is 0 Å². The molecular weight excluding hydrogens is 206 g/mol. The van der Waals surface area contributed by atoms with Crippen molar-refractivity contribution in [3.63, 3.8) is 0 Å². The quantitative estimate of drug-likeness (QED) is 0.707. The van der Waals surface area contributed by atoms with Crippen LogP contribution in [0.1, 0.15) is 22.3 Å². The van der Waals surface area contributed by atoms with Crippen LogP contribution in [-0.2, 0) is 11.2 Å². The summed E-state index contributed by atoms with van der Waals surface area (Å²) in [5, 5.41) is 0. The zero-order valence-corrected chi connectivity index (χ0v) is 9.32. The van der Waals surface area contributed by atoms with E-state index in [1.54, 1.807) is 24.1 Å². The molecule has 0 saturated heterocycles. The lowest BCUT2D eigenvalue weighted by Crippen LogP contribution is -2.31. The highest BCUT2D eigenvalue weighted by atomic mass is 16.5. The molecule has 0 fully saturated rings. The summed E-state index contributed by atoms with van der Waals surface area (Å²) in [7, 11) is 3.25. The highest BCUT2D eigenvalue weighted by Crippen LogP contribution is 2.32. The highest BCUT2D eigenvalue weighted by molar-refractivity contribution is 5.97. The molecule has 0 aliphatic carbocycles. The van der Waals surface area contributed by atoms with Gasteiger partial charge in [-0.05, 0) is 18.1 Å². The first kappa shape index (κ1) is 10.7. The van der Waals surface area contributed by atoms with Gasteiger partial charge in [0, 0.05) is 19.5 Å². The lowest BCUT2D eigenvalue weighted by molar-refractivity contribution is -0.118. The van der Waals surface area contributed by atoms with Gasteiger partial charge >= 0.3 is 0 Å². The number of fused-ring (bicyclic) bond motifs is 1. The Labute approximate surface area is 93.8 Å². The van der Waals surface area contributed by atoms with E-state index in [0.717, 1.165) is 17.5 Å². The molecule has 0 spiro atoms. The summed E-state index contributed by atoms with van der Waals surface area (Å²) in [5.41, 5.74) is 2.38. The normalized spacial score (nSPS) is 14.6. The molecular formula is C12H13NO3. The summed E-state index contributed by atoms with van der Waals surface area (Å²) in [6.07, 6.45) is 1.95. The van der Waals surface area contributed by atoms with Crippen LogP contribution in [0, 0.1) is 0 Å². The molecule has 16 heavy (non-hydrogen) atoms. The summed E-state index contributed by atoms with van der Waals surface area (Å²) in [6, 6.07) is 3.54. The molecule has 0 aromatic heterocycles. The third-order valence-corrected chi connectivity index (χ3v) is 2.90. The number of benzene rings is 1. The highest BCUT2D eigenvalue weighted by Gasteiger charge is 2.22. The van der Waals surface area contributed by atoms with Crippen molar-refractivity contribution in [2.24, 2.45) is 0 Å². The molecule has 1 heterocycles. The van der Waals surface area contributed by atoms with E-state index in [1.165, 1.54) is 7.11 Å². The number of carbonyl (C=O) groups excluding carboxylic acids is 2. The van der Waals surface area contributed by atoms with Crippen molar-refractivity contribution in [2.75, 3.05) is 19.1 Å². The molecule has 1 aromatic carbocycles. The van der Waals surface area contributed by atoms with E-state index in [4.69, 9.17) is 4.74 Å². The largest absolute Gasteiger partial charge is 0.496 e. The maximum absolute atomic E-state index is 11.5. The van der Waals surface area contributed by atoms with Gasteiger partial charge < -0.3 is 9.64 Å². The molecule has 1 aliphatic heterocycles. The van der Waals surface area contributed by atoms with Crippen molar-refractivity contribution in [3.8, 4) is 5.75 Å². The molecule has 0 N–H and O–H groups in total. The van der Waals surface area contributed by atoms with Gasteiger partial charge in [0.25, 0.3) is 0 Å². The molecule has 0 bridgehead atoms. The summed E-state index contributed by atoms with van der Waals surface area (Å²) in [6.45, 7) is 0. The summed E-state index contributed by atoms with van der Waals surface area (Å²) >= 11 is 0. The third kappa shape index (κ3) is 1.56. The van der Waals surface area contributed by atoms with E-state index in [0.29, 0.717) is 24.2 Å². The van der Waals surface area contributed by atoms with Crippen LogP contribution in [0.3, 0.4) is 0 Å². The van der Waals surface area contributed by atoms with Gasteiger partial charge in [-0.3, -0.25) is 9.59 Å². The van der Waals surface area contributed by atoms with Gasteiger partial charge in [0.05, 0.1) is 18.4 Å². The second kappa shape index (κ2) is 3.96. The number of methoxy groups -OCH3 is 1.